The van der Waals surface area contributed by atoms with Crippen molar-refractivity contribution in [2.75, 3.05) is 14.7 Å². The number of hydrogen-bond donors (Lipinski definition) is 0. The van der Waals surface area contributed by atoms with Crippen molar-refractivity contribution < 1.29 is 0 Å². The van der Waals surface area contributed by atoms with Crippen LogP contribution in [0.2, 0.25) is 0 Å². The molecular formula is C142H115N3. The Kier molecular flexibility index (Phi) is 19.2. The highest BCUT2D eigenvalue weighted by atomic mass is 15.2. The molecule has 0 unspecified atom stereocenters. The summed E-state index contributed by atoms with van der Waals surface area (Å²) in [6, 6.07) is 167. The van der Waals surface area contributed by atoms with Crippen molar-refractivity contribution >= 4 is 127 Å². The Morgan fingerprint density at radius 2 is 0.379 bits per heavy atom. The molecule has 0 aliphatic heterocycles. The van der Waals surface area contributed by atoms with Gasteiger partial charge in [0.2, 0.25) is 0 Å². The first-order chi connectivity index (χ1) is 71.7. The van der Waals surface area contributed by atoms with Gasteiger partial charge in [0.25, 0.3) is 0 Å². The third-order valence-corrected chi connectivity index (χ3v) is 38.8. The molecule has 0 N–H and O–H groups in total. The van der Waals surface area contributed by atoms with E-state index in [1.165, 1.54) is 279 Å². The molecule has 3 heteroatoms. The van der Waals surface area contributed by atoms with E-state index in [0.717, 1.165) is 71.0 Å². The quantitative estimate of drug-likeness (QED) is 0.120. The van der Waals surface area contributed by atoms with Crippen LogP contribution in [0, 0.1) is 71.0 Å². The van der Waals surface area contributed by atoms with E-state index in [4.69, 9.17) is 0 Å². The maximum absolute atomic E-state index is 2.55. The lowest BCUT2D eigenvalue weighted by atomic mass is 9.43. The molecule has 15 aliphatic rings. The first-order valence-corrected chi connectivity index (χ1v) is 54.4. The van der Waals surface area contributed by atoms with E-state index >= 15 is 0 Å². The van der Waals surface area contributed by atoms with Crippen molar-refractivity contribution in [2.24, 2.45) is 71.0 Å². The summed E-state index contributed by atoms with van der Waals surface area (Å²) in [5, 5.41) is 17.9. The zero-order chi connectivity index (χ0) is 94.9. The molecule has 0 atom stereocenters. The molecule has 0 amide bonds. The van der Waals surface area contributed by atoms with Gasteiger partial charge in [0.1, 0.15) is 0 Å². The number of fused-ring (bicyclic) bond motifs is 17. The van der Waals surface area contributed by atoms with Crippen LogP contribution in [-0.4, -0.2) is 0 Å². The zero-order valence-electron chi connectivity index (χ0n) is 82.0. The van der Waals surface area contributed by atoms with E-state index < -0.39 is 0 Å². The molecule has 12 saturated carbocycles. The molecule has 698 valence electrons. The molecule has 0 saturated heterocycles. The number of anilines is 9. The van der Waals surface area contributed by atoms with Gasteiger partial charge in [0, 0.05) is 67.4 Å². The van der Waals surface area contributed by atoms with Gasteiger partial charge < -0.3 is 14.7 Å². The molecule has 3 nitrogen and oxygen atoms in total. The molecule has 0 heterocycles. The summed E-state index contributed by atoms with van der Waals surface area (Å²) in [4.78, 5) is 7.44. The summed E-state index contributed by atoms with van der Waals surface area (Å²) < 4.78 is 0. The van der Waals surface area contributed by atoms with Crippen LogP contribution >= 0.6 is 0 Å². The Bertz CT molecular complexity index is 8760. The highest BCUT2D eigenvalue weighted by Crippen LogP contribution is 2.74. The van der Waals surface area contributed by atoms with Gasteiger partial charge in [-0.1, -0.05) is 328 Å². The molecule has 145 heavy (non-hydrogen) atoms. The van der Waals surface area contributed by atoms with Gasteiger partial charge in [-0.3, -0.25) is 0 Å². The van der Waals surface area contributed by atoms with Crippen LogP contribution in [0.4, 0.5) is 51.2 Å². The molecule has 15 aliphatic carbocycles. The Morgan fingerprint density at radius 3 is 0.779 bits per heavy atom. The average Bonchev–Trinajstić information content (AvgIpc) is 1.52. The van der Waals surface area contributed by atoms with Crippen LogP contribution in [0.25, 0.3) is 131 Å². The Balaban J connectivity index is 0.0000000990. The van der Waals surface area contributed by atoms with Crippen molar-refractivity contribution in [3.63, 3.8) is 0 Å². The van der Waals surface area contributed by atoms with E-state index in [0.29, 0.717) is 0 Å². The fraction of sp³-hybridized carbons (Fsp3) is 0.211. The Morgan fingerprint density at radius 1 is 0.138 bits per heavy atom. The normalized spacial score (nSPS) is 24.6. The van der Waals surface area contributed by atoms with E-state index in [1.807, 2.05) is 0 Å². The van der Waals surface area contributed by atoms with Crippen LogP contribution in [-0.2, 0) is 16.2 Å². The third-order valence-electron chi connectivity index (χ3n) is 38.8. The van der Waals surface area contributed by atoms with Crippen LogP contribution in [0.1, 0.15) is 130 Å². The summed E-state index contributed by atoms with van der Waals surface area (Å²) >= 11 is 0. The second-order valence-electron chi connectivity index (χ2n) is 45.8. The van der Waals surface area contributed by atoms with Gasteiger partial charge in [-0.05, 0) is 447 Å². The van der Waals surface area contributed by atoms with Gasteiger partial charge in [-0.15, -0.1) is 0 Å². The number of benzene rings is 21. The van der Waals surface area contributed by atoms with Gasteiger partial charge in [-0.2, -0.15) is 0 Å². The van der Waals surface area contributed by atoms with Gasteiger partial charge in [0.15, 0.2) is 0 Å². The third kappa shape index (κ3) is 13.0. The second kappa shape index (κ2) is 32.9. The fourth-order valence-corrected chi connectivity index (χ4v) is 33.7. The summed E-state index contributed by atoms with van der Waals surface area (Å²) in [6.45, 7) is 0. The first-order valence-electron chi connectivity index (χ1n) is 54.4. The number of rotatable bonds is 11. The first kappa shape index (κ1) is 84.4. The standard InChI is InChI=1S/2C48H39N.C46H37N/c1-3-9-36-28-38(14-13-33(36)7-1)35-15-18-41(19-16-35)49(42-20-17-34-8-2-4-10-37(34)29-42)43-21-22-47-45(30-43)44-11-5-6-12-46(44)48(47)39-24-31-23-32(26-39)27-40(48)25-31;1-2-10-36-29-40(21-16-33(36)8-1)49(39-19-17-35(18-20-39)43-14-7-11-34-9-3-4-12-42(34)43)41-22-23-47-45(30-41)44-13-5-6-15-46(44)48(47)37-25-31-24-32(27-37)28-38(48)26-31;1-2-9-33-26-37(16-15-31(33)7-1)47(38-17-19-41-34(27-38)14-13-32-8-3-4-10-40(32)41)39-18-20-45-43(28-39)42-11-5-6-12-44(42)46(45)35-22-29-21-30(24-35)25-36(46)23-29/h1-22,28-32,39-40H,23-27H2;1-23,29-32,37-38H,24-28H2;1-20,26-30,35-36H,21-25H2. The number of hydrogen-bond acceptors (Lipinski definition) is 3. The summed E-state index contributed by atoms with van der Waals surface area (Å²) in [5.41, 5.74) is 34.8. The minimum atomic E-state index is 0.186. The lowest BCUT2D eigenvalue weighted by molar-refractivity contribution is -0.0399. The Labute approximate surface area is 850 Å². The molecule has 0 aromatic heterocycles. The van der Waals surface area contributed by atoms with E-state index in [-0.39, 0.29) is 16.2 Å². The van der Waals surface area contributed by atoms with Gasteiger partial charge >= 0.3 is 0 Å². The van der Waals surface area contributed by atoms with Crippen LogP contribution in [0.5, 0.6) is 0 Å². The molecule has 21 aromatic carbocycles. The molecule has 12 fully saturated rings. The van der Waals surface area contributed by atoms with Crippen LogP contribution in [0.15, 0.2) is 443 Å². The SMILES string of the molecule is c1ccc2c(c1)-c1cc(N(c3ccc(-c4ccc5ccccc5c4)cc3)c3ccc4ccccc4c3)ccc1C21C2CC3CC(C2)CC1C3.c1ccc2c(c1)-c1cc(N(c3ccc(-c4cccc5ccccc45)cc3)c3ccc4ccccc4c3)ccc1C21C2CC3CC(C2)CC1C3.c1ccc2c(c1)-c1cc(N(c3ccc4ccccc4c3)c3ccc4c(ccc5ccccc54)c3)ccc1C21C2CC3CC(C2)CC1C3. The van der Waals surface area contributed by atoms with Crippen molar-refractivity contribution in [3.05, 3.63) is 476 Å². The van der Waals surface area contributed by atoms with Crippen molar-refractivity contribution in [1.29, 1.82) is 0 Å². The minimum Gasteiger partial charge on any atom is -0.310 e. The second-order valence-corrected chi connectivity index (χ2v) is 45.8. The molecule has 12 bridgehead atoms. The topological polar surface area (TPSA) is 9.72 Å². The highest BCUT2D eigenvalue weighted by Gasteiger charge is 2.65. The summed E-state index contributed by atoms with van der Waals surface area (Å²) in [6.07, 6.45) is 21.4. The van der Waals surface area contributed by atoms with Gasteiger partial charge in [-0.25, -0.2) is 0 Å². The smallest absolute Gasteiger partial charge is 0.0468 e. The predicted octanol–water partition coefficient (Wildman–Crippen LogP) is 38.0. The predicted molar refractivity (Wildman–Crippen MR) is 607 cm³/mol. The van der Waals surface area contributed by atoms with Crippen LogP contribution in [0.3, 0.4) is 0 Å². The van der Waals surface area contributed by atoms with Crippen LogP contribution < -0.4 is 14.7 Å². The molecule has 3 spiro atoms. The summed E-state index contributed by atoms with van der Waals surface area (Å²) in [7, 11) is 0. The average molecular weight is 1860 g/mol. The van der Waals surface area contributed by atoms with E-state index in [2.05, 4.69) is 458 Å². The maximum atomic E-state index is 2.55. The van der Waals surface area contributed by atoms with Crippen molar-refractivity contribution in [3.8, 4) is 55.6 Å². The largest absolute Gasteiger partial charge is 0.310 e. The monoisotopic (exact) mass is 1860 g/mol. The molecule has 0 radical (unpaired) electrons. The van der Waals surface area contributed by atoms with E-state index in [1.54, 1.807) is 33.4 Å². The lowest BCUT2D eigenvalue weighted by Gasteiger charge is -2.61. The fourth-order valence-electron chi connectivity index (χ4n) is 33.7. The van der Waals surface area contributed by atoms with Crippen molar-refractivity contribution in [2.45, 2.75) is 113 Å². The Hall–Kier alpha value is -15.2. The zero-order valence-corrected chi connectivity index (χ0v) is 82.0. The maximum Gasteiger partial charge on any atom is 0.0468 e. The number of nitrogens with zero attached hydrogens (tertiary/aromatic N) is 3. The van der Waals surface area contributed by atoms with E-state index in [9.17, 15) is 0 Å². The molecular weight excluding hydrogens is 1750 g/mol. The summed E-state index contributed by atoms with van der Waals surface area (Å²) in [5.74, 6) is 10.3. The lowest BCUT2D eigenvalue weighted by Crippen LogP contribution is -2.55. The van der Waals surface area contributed by atoms with Crippen molar-refractivity contribution in [1.82, 2.24) is 0 Å². The molecule has 21 aromatic rings. The van der Waals surface area contributed by atoms with Gasteiger partial charge in [0.05, 0.1) is 0 Å². The molecule has 36 rings (SSSR count). The highest BCUT2D eigenvalue weighted by molar-refractivity contribution is 6.09. The minimum absolute atomic E-state index is 0.186.